The fourth-order valence-electron chi connectivity index (χ4n) is 1.15. The number of hydrogen-bond acceptors (Lipinski definition) is 3. The fraction of sp³-hybridized carbons (Fsp3) is 0.455. The minimum absolute atomic E-state index is 0.537. The number of anilines is 1. The maximum Gasteiger partial charge on any atom is 0.119 e. The summed E-state index contributed by atoms with van der Waals surface area (Å²) in [7, 11) is 2.59. The average Bonchev–Trinajstić information content (AvgIpc) is 2.18. The van der Waals surface area contributed by atoms with Crippen LogP contribution in [0.3, 0.4) is 0 Å². The highest BCUT2D eigenvalue weighted by Crippen LogP contribution is 2.18. The summed E-state index contributed by atoms with van der Waals surface area (Å²) in [6.07, 6.45) is 0.653. The van der Waals surface area contributed by atoms with E-state index in [1.807, 2.05) is 43.3 Å². The molecule has 3 nitrogen and oxygen atoms in total. The van der Waals surface area contributed by atoms with Crippen molar-refractivity contribution in [2.75, 3.05) is 38.4 Å². The minimum atomic E-state index is -1.41. The van der Waals surface area contributed by atoms with Crippen LogP contribution in [0.1, 0.15) is 0 Å². The van der Waals surface area contributed by atoms with Crippen LogP contribution in [-0.2, 0) is 4.57 Å². The van der Waals surface area contributed by atoms with E-state index < -0.39 is 7.80 Å². The van der Waals surface area contributed by atoms with Gasteiger partial charge in [0.1, 0.15) is 5.75 Å². The van der Waals surface area contributed by atoms with E-state index in [4.69, 9.17) is 4.74 Å². The standard InChI is InChI=1S/C11H18NO2P/c1-12(2)10-4-6-11(7-5-10)14-8-9-15(3)13/h4-7,15H,8-9H2,1-3H3. The van der Waals surface area contributed by atoms with Crippen LogP contribution >= 0.6 is 7.80 Å². The summed E-state index contributed by atoms with van der Waals surface area (Å²) < 4.78 is 16.3. The number of hydrogen-bond donors (Lipinski definition) is 0. The van der Waals surface area contributed by atoms with E-state index in [0.717, 1.165) is 11.4 Å². The largest absolute Gasteiger partial charge is 0.493 e. The zero-order chi connectivity index (χ0) is 11.3. The number of benzene rings is 1. The predicted octanol–water partition coefficient (Wildman–Crippen LogP) is 2.32. The van der Waals surface area contributed by atoms with E-state index in [0.29, 0.717) is 12.8 Å². The summed E-state index contributed by atoms with van der Waals surface area (Å²) in [6, 6.07) is 7.87. The van der Waals surface area contributed by atoms with E-state index in [9.17, 15) is 4.57 Å². The molecule has 0 spiro atoms. The van der Waals surface area contributed by atoms with Gasteiger partial charge in [-0.05, 0) is 30.9 Å². The van der Waals surface area contributed by atoms with Crippen molar-refractivity contribution in [1.82, 2.24) is 0 Å². The summed E-state index contributed by atoms with van der Waals surface area (Å²) in [6.45, 7) is 2.29. The lowest BCUT2D eigenvalue weighted by molar-refractivity contribution is 0.342. The van der Waals surface area contributed by atoms with E-state index in [1.165, 1.54) is 0 Å². The maximum absolute atomic E-state index is 10.9. The first-order valence-corrected chi connectivity index (χ1v) is 7.11. The molecule has 0 aliphatic rings. The molecular formula is C11H18NO2P. The van der Waals surface area contributed by atoms with E-state index >= 15 is 0 Å². The smallest absolute Gasteiger partial charge is 0.119 e. The molecular weight excluding hydrogens is 209 g/mol. The second-order valence-corrected chi connectivity index (χ2v) is 5.59. The Morgan fingerprint density at radius 2 is 1.87 bits per heavy atom. The number of ether oxygens (including phenoxy) is 1. The van der Waals surface area contributed by atoms with Gasteiger partial charge < -0.3 is 14.2 Å². The molecule has 0 saturated carbocycles. The second kappa shape index (κ2) is 5.82. The Balaban J connectivity index is 2.46. The van der Waals surface area contributed by atoms with Crippen LogP contribution in [0.4, 0.5) is 5.69 Å². The van der Waals surface area contributed by atoms with Crippen LogP contribution in [-0.4, -0.2) is 33.5 Å². The first-order valence-electron chi connectivity index (χ1n) is 4.99. The van der Waals surface area contributed by atoms with Gasteiger partial charge in [0.2, 0.25) is 0 Å². The summed E-state index contributed by atoms with van der Waals surface area (Å²) in [5.41, 5.74) is 1.14. The van der Waals surface area contributed by atoms with Crippen LogP contribution in [0.25, 0.3) is 0 Å². The number of rotatable bonds is 5. The Morgan fingerprint density at radius 3 is 2.33 bits per heavy atom. The SMILES string of the molecule is CN(C)c1ccc(OCC[PH](C)=O)cc1. The zero-order valence-corrected chi connectivity index (χ0v) is 10.5. The van der Waals surface area contributed by atoms with Gasteiger partial charge in [0.25, 0.3) is 0 Å². The topological polar surface area (TPSA) is 29.5 Å². The van der Waals surface area contributed by atoms with Crippen molar-refractivity contribution in [3.8, 4) is 5.75 Å². The van der Waals surface area contributed by atoms with Crippen LogP contribution in [0, 0.1) is 0 Å². The molecule has 15 heavy (non-hydrogen) atoms. The summed E-state index contributed by atoms with van der Waals surface area (Å²) in [5, 5.41) is 0. The summed E-state index contributed by atoms with van der Waals surface area (Å²) >= 11 is 0. The van der Waals surface area contributed by atoms with Gasteiger partial charge in [-0.2, -0.15) is 0 Å². The molecule has 0 amide bonds. The molecule has 0 saturated heterocycles. The first-order chi connectivity index (χ1) is 7.09. The number of nitrogens with zero attached hydrogens (tertiary/aromatic N) is 1. The molecule has 0 fully saturated rings. The predicted molar refractivity (Wildman–Crippen MR) is 66.1 cm³/mol. The molecule has 0 radical (unpaired) electrons. The Kier molecular flexibility index (Phi) is 4.70. The highest BCUT2D eigenvalue weighted by atomic mass is 31.1. The monoisotopic (exact) mass is 227 g/mol. The van der Waals surface area contributed by atoms with Crippen molar-refractivity contribution in [2.24, 2.45) is 0 Å². The van der Waals surface area contributed by atoms with Crippen LogP contribution < -0.4 is 9.64 Å². The molecule has 0 N–H and O–H groups in total. The minimum Gasteiger partial charge on any atom is -0.493 e. The average molecular weight is 227 g/mol. The molecule has 0 heterocycles. The van der Waals surface area contributed by atoms with Crippen LogP contribution in [0.15, 0.2) is 24.3 Å². The first kappa shape index (κ1) is 12.1. The quantitative estimate of drug-likeness (QED) is 0.723. The summed E-state index contributed by atoms with van der Waals surface area (Å²) in [4.78, 5) is 2.04. The van der Waals surface area contributed by atoms with Gasteiger partial charge in [-0.3, -0.25) is 0 Å². The summed E-state index contributed by atoms with van der Waals surface area (Å²) in [5.74, 6) is 0.837. The molecule has 0 bridgehead atoms. The lowest BCUT2D eigenvalue weighted by Crippen LogP contribution is -2.08. The molecule has 1 unspecified atom stereocenters. The molecule has 1 atom stereocenters. The fourth-order valence-corrected chi connectivity index (χ4v) is 1.54. The van der Waals surface area contributed by atoms with Gasteiger partial charge in [-0.1, -0.05) is 0 Å². The van der Waals surface area contributed by atoms with E-state index in [-0.39, 0.29) is 0 Å². The third kappa shape index (κ3) is 4.39. The van der Waals surface area contributed by atoms with Crippen molar-refractivity contribution in [2.45, 2.75) is 0 Å². The molecule has 4 heteroatoms. The Bertz CT molecular complexity index is 322. The van der Waals surface area contributed by atoms with Gasteiger partial charge in [0, 0.05) is 25.9 Å². The normalized spacial score (nSPS) is 12.2. The van der Waals surface area contributed by atoms with Crippen molar-refractivity contribution in [3.05, 3.63) is 24.3 Å². The molecule has 1 rings (SSSR count). The van der Waals surface area contributed by atoms with E-state index in [2.05, 4.69) is 0 Å². The van der Waals surface area contributed by atoms with Gasteiger partial charge in [0.15, 0.2) is 0 Å². The Hall–Kier alpha value is -0.950. The molecule has 84 valence electrons. The zero-order valence-electron chi connectivity index (χ0n) is 9.49. The van der Waals surface area contributed by atoms with E-state index in [1.54, 1.807) is 6.66 Å². The van der Waals surface area contributed by atoms with Gasteiger partial charge in [-0.15, -0.1) is 0 Å². The molecule has 0 aromatic heterocycles. The lowest BCUT2D eigenvalue weighted by Gasteiger charge is -2.12. The lowest BCUT2D eigenvalue weighted by atomic mass is 10.3. The van der Waals surface area contributed by atoms with Gasteiger partial charge >= 0.3 is 0 Å². The van der Waals surface area contributed by atoms with Crippen molar-refractivity contribution in [3.63, 3.8) is 0 Å². The molecule has 0 aliphatic carbocycles. The van der Waals surface area contributed by atoms with Crippen LogP contribution in [0.2, 0.25) is 0 Å². The van der Waals surface area contributed by atoms with Crippen molar-refractivity contribution < 1.29 is 9.30 Å². The van der Waals surface area contributed by atoms with Crippen molar-refractivity contribution >= 4 is 13.5 Å². The van der Waals surface area contributed by atoms with Gasteiger partial charge in [0.05, 0.1) is 14.4 Å². The molecule has 1 aromatic carbocycles. The Labute approximate surface area is 91.8 Å². The molecule has 1 aromatic rings. The van der Waals surface area contributed by atoms with Crippen molar-refractivity contribution in [1.29, 1.82) is 0 Å². The van der Waals surface area contributed by atoms with Crippen LogP contribution in [0.5, 0.6) is 5.75 Å². The maximum atomic E-state index is 10.9. The second-order valence-electron chi connectivity index (χ2n) is 3.69. The van der Waals surface area contributed by atoms with Gasteiger partial charge in [-0.25, -0.2) is 0 Å². The Morgan fingerprint density at radius 1 is 1.27 bits per heavy atom. The third-order valence-electron chi connectivity index (χ3n) is 2.08. The highest BCUT2D eigenvalue weighted by Gasteiger charge is 1.97. The third-order valence-corrected chi connectivity index (χ3v) is 2.98. The molecule has 0 aliphatic heterocycles. The highest BCUT2D eigenvalue weighted by molar-refractivity contribution is 7.43.